The zero-order valence-electron chi connectivity index (χ0n) is 6.47. The van der Waals surface area contributed by atoms with Crippen molar-refractivity contribution in [3.05, 3.63) is 22.2 Å². The molecular weight excluding hydrogens is 205 g/mol. The first-order chi connectivity index (χ1) is 5.95. The maximum absolute atomic E-state index is 12.2. The number of nitrogens with zero attached hydrogens (tertiary/aromatic N) is 1. The van der Waals surface area contributed by atoms with E-state index in [1.54, 1.807) is 0 Å². The first kappa shape index (κ1) is 10.1. The van der Waals surface area contributed by atoms with Crippen LogP contribution in [0.25, 0.3) is 0 Å². The van der Waals surface area contributed by atoms with Gasteiger partial charge in [-0.25, -0.2) is 9.78 Å². The zero-order chi connectivity index (χ0) is 10.1. The van der Waals surface area contributed by atoms with Crippen molar-refractivity contribution in [2.24, 2.45) is 0 Å². The quantitative estimate of drug-likeness (QED) is 0.564. The number of hydrogen-bond acceptors (Lipinski definition) is 3. The Balaban J connectivity index is 3.30. The topological polar surface area (TPSA) is 45.8 Å². The van der Waals surface area contributed by atoms with Crippen molar-refractivity contribution in [2.75, 3.05) is 6.26 Å². The highest BCUT2D eigenvalue weighted by molar-refractivity contribution is 7.98. The van der Waals surface area contributed by atoms with Gasteiger partial charge in [0.1, 0.15) is 5.56 Å². The number of aromatic nitrogens is 2. The van der Waals surface area contributed by atoms with Gasteiger partial charge >= 0.3 is 11.9 Å². The Labute approximate surface area is 75.4 Å². The molecule has 1 N–H and O–H groups in total. The standard InChI is InChI=1S/C6H5F3N2OS/c1-13-4-3(6(7,8)9)2-10-5(12)11-4/h2H,1H3,(H,10,11,12). The minimum Gasteiger partial charge on any atom is -0.300 e. The highest BCUT2D eigenvalue weighted by Gasteiger charge is 2.34. The second-order valence-electron chi connectivity index (χ2n) is 2.13. The molecule has 0 fully saturated rings. The average molecular weight is 210 g/mol. The molecule has 0 bridgehead atoms. The minimum absolute atomic E-state index is 0.215. The van der Waals surface area contributed by atoms with Crippen LogP contribution >= 0.6 is 11.8 Å². The van der Waals surface area contributed by atoms with Crippen LogP contribution in [0.3, 0.4) is 0 Å². The van der Waals surface area contributed by atoms with Crippen molar-refractivity contribution in [2.45, 2.75) is 11.2 Å². The van der Waals surface area contributed by atoms with E-state index in [9.17, 15) is 18.0 Å². The highest BCUT2D eigenvalue weighted by Crippen LogP contribution is 2.33. The van der Waals surface area contributed by atoms with Crippen LogP contribution in [0, 0.1) is 0 Å². The molecular formula is C6H5F3N2OS. The predicted octanol–water partition coefficient (Wildman–Crippen LogP) is 1.51. The Morgan fingerprint density at radius 1 is 1.54 bits per heavy atom. The third-order valence-electron chi connectivity index (χ3n) is 1.29. The van der Waals surface area contributed by atoms with Crippen molar-refractivity contribution < 1.29 is 13.2 Å². The number of halogens is 3. The van der Waals surface area contributed by atoms with Gasteiger partial charge in [-0.3, -0.25) is 4.98 Å². The molecule has 0 aliphatic rings. The first-order valence-electron chi connectivity index (χ1n) is 3.15. The summed E-state index contributed by atoms with van der Waals surface area (Å²) in [5.41, 5.74) is -1.70. The Morgan fingerprint density at radius 2 is 2.15 bits per heavy atom. The largest absolute Gasteiger partial charge is 0.420 e. The number of hydrogen-bond donors (Lipinski definition) is 1. The summed E-state index contributed by atoms with van der Waals surface area (Å²) in [6.07, 6.45) is -2.50. The number of nitrogens with one attached hydrogen (secondary N) is 1. The summed E-state index contributed by atoms with van der Waals surface area (Å²) in [7, 11) is 0. The number of alkyl halides is 3. The number of rotatable bonds is 1. The molecule has 7 heteroatoms. The van der Waals surface area contributed by atoms with E-state index >= 15 is 0 Å². The smallest absolute Gasteiger partial charge is 0.300 e. The van der Waals surface area contributed by atoms with Crippen LogP contribution in [0.1, 0.15) is 5.56 Å². The number of aromatic amines is 1. The van der Waals surface area contributed by atoms with E-state index in [2.05, 4.69) is 4.98 Å². The van der Waals surface area contributed by atoms with Gasteiger partial charge in [-0.15, -0.1) is 11.8 Å². The van der Waals surface area contributed by atoms with Gasteiger partial charge in [0.05, 0.1) is 5.03 Å². The van der Waals surface area contributed by atoms with Gasteiger partial charge in [-0.1, -0.05) is 0 Å². The van der Waals surface area contributed by atoms with Crippen molar-refractivity contribution in [1.82, 2.24) is 9.97 Å². The van der Waals surface area contributed by atoms with Gasteiger partial charge in [-0.05, 0) is 6.26 Å². The molecule has 3 nitrogen and oxygen atoms in total. The van der Waals surface area contributed by atoms with E-state index in [1.807, 2.05) is 4.98 Å². The molecule has 1 rings (SSSR count). The van der Waals surface area contributed by atoms with Crippen molar-refractivity contribution in [1.29, 1.82) is 0 Å². The molecule has 0 atom stereocenters. The molecule has 0 radical (unpaired) electrons. The Hall–Kier alpha value is -0.980. The second kappa shape index (κ2) is 3.41. The summed E-state index contributed by atoms with van der Waals surface area (Å²) in [5.74, 6) is 0. The number of thioether (sulfide) groups is 1. The molecule has 0 aromatic carbocycles. The SMILES string of the molecule is CSc1[nH]c(=O)ncc1C(F)(F)F. The lowest BCUT2D eigenvalue weighted by Gasteiger charge is -2.08. The Bertz CT molecular complexity index is 360. The van der Waals surface area contributed by atoms with Crippen LogP contribution in [0.2, 0.25) is 0 Å². The minimum atomic E-state index is -4.48. The molecule has 0 saturated carbocycles. The van der Waals surface area contributed by atoms with Crippen molar-refractivity contribution >= 4 is 11.8 Å². The number of H-pyrrole nitrogens is 1. The predicted molar refractivity (Wildman–Crippen MR) is 41.6 cm³/mol. The first-order valence-corrected chi connectivity index (χ1v) is 4.38. The van der Waals surface area contributed by atoms with E-state index in [4.69, 9.17) is 0 Å². The molecule has 0 aliphatic carbocycles. The fraction of sp³-hybridized carbons (Fsp3) is 0.333. The molecule has 13 heavy (non-hydrogen) atoms. The molecule has 0 aliphatic heterocycles. The molecule has 1 aromatic heterocycles. The normalized spacial score (nSPS) is 11.7. The Kier molecular flexibility index (Phi) is 2.65. The van der Waals surface area contributed by atoms with Gasteiger partial charge in [0.2, 0.25) is 0 Å². The lowest BCUT2D eigenvalue weighted by molar-refractivity contribution is -0.140. The van der Waals surface area contributed by atoms with Gasteiger partial charge in [0.25, 0.3) is 0 Å². The summed E-state index contributed by atoms with van der Waals surface area (Å²) in [6, 6.07) is 0. The lowest BCUT2D eigenvalue weighted by Crippen LogP contribution is -2.17. The van der Waals surface area contributed by atoms with Crippen LogP contribution in [0.5, 0.6) is 0 Å². The van der Waals surface area contributed by atoms with Gasteiger partial charge < -0.3 is 0 Å². The van der Waals surface area contributed by atoms with Crippen LogP contribution in [-0.4, -0.2) is 16.2 Å². The van der Waals surface area contributed by atoms with Crippen LogP contribution < -0.4 is 5.69 Å². The van der Waals surface area contributed by atoms with E-state index in [0.717, 1.165) is 11.8 Å². The molecule has 0 spiro atoms. The van der Waals surface area contributed by atoms with Crippen molar-refractivity contribution in [3.8, 4) is 0 Å². The third kappa shape index (κ3) is 2.24. The van der Waals surface area contributed by atoms with E-state index in [0.29, 0.717) is 6.20 Å². The second-order valence-corrected chi connectivity index (χ2v) is 2.95. The van der Waals surface area contributed by atoms with Gasteiger partial charge in [-0.2, -0.15) is 13.2 Å². The van der Waals surface area contributed by atoms with Crippen LogP contribution in [0.15, 0.2) is 16.0 Å². The fourth-order valence-electron chi connectivity index (χ4n) is 0.741. The molecule has 0 amide bonds. The van der Waals surface area contributed by atoms with E-state index in [1.165, 1.54) is 6.26 Å². The maximum Gasteiger partial charge on any atom is 0.420 e. The molecule has 1 aromatic rings. The summed E-state index contributed by atoms with van der Waals surface area (Å²) in [6.45, 7) is 0. The average Bonchev–Trinajstić information content (AvgIpc) is 2.01. The van der Waals surface area contributed by atoms with Crippen LogP contribution in [-0.2, 0) is 6.18 Å². The van der Waals surface area contributed by atoms with Gasteiger partial charge in [0.15, 0.2) is 0 Å². The summed E-state index contributed by atoms with van der Waals surface area (Å²) >= 11 is 0.821. The monoisotopic (exact) mass is 210 g/mol. The summed E-state index contributed by atoms with van der Waals surface area (Å²) in [4.78, 5) is 15.6. The van der Waals surface area contributed by atoms with Crippen molar-refractivity contribution in [3.63, 3.8) is 0 Å². The van der Waals surface area contributed by atoms with Crippen LogP contribution in [0.4, 0.5) is 13.2 Å². The van der Waals surface area contributed by atoms with Gasteiger partial charge in [0, 0.05) is 6.20 Å². The molecule has 0 saturated heterocycles. The molecule has 72 valence electrons. The van der Waals surface area contributed by atoms with E-state index < -0.39 is 17.4 Å². The summed E-state index contributed by atoms with van der Waals surface area (Å²) < 4.78 is 36.6. The third-order valence-corrected chi connectivity index (χ3v) is 2.02. The van der Waals surface area contributed by atoms with E-state index in [-0.39, 0.29) is 5.03 Å². The lowest BCUT2D eigenvalue weighted by atomic mass is 10.3. The fourth-order valence-corrected chi connectivity index (χ4v) is 1.32. The molecule has 0 unspecified atom stereocenters. The highest BCUT2D eigenvalue weighted by atomic mass is 32.2. The maximum atomic E-state index is 12.2. The Morgan fingerprint density at radius 3 is 2.62 bits per heavy atom. The zero-order valence-corrected chi connectivity index (χ0v) is 7.29. The molecule has 1 heterocycles. The summed E-state index contributed by atoms with van der Waals surface area (Å²) in [5, 5.41) is -0.215.